The number of hydrogen-bond donors (Lipinski definition) is 1. The fraction of sp³-hybridized carbons (Fsp3) is 0.400. The van der Waals surface area contributed by atoms with Crippen LogP contribution >= 0.6 is 11.8 Å². The van der Waals surface area contributed by atoms with Gasteiger partial charge >= 0.3 is 0 Å². The van der Waals surface area contributed by atoms with Crippen LogP contribution in [0.5, 0.6) is 0 Å². The molecule has 0 bridgehead atoms. The van der Waals surface area contributed by atoms with Crippen LogP contribution in [0.1, 0.15) is 23.7 Å². The van der Waals surface area contributed by atoms with Gasteiger partial charge in [-0.1, -0.05) is 0 Å². The van der Waals surface area contributed by atoms with Gasteiger partial charge in [-0.2, -0.15) is 11.8 Å². The summed E-state index contributed by atoms with van der Waals surface area (Å²) in [5.41, 5.74) is 0.855. The third-order valence-electron chi connectivity index (χ3n) is 2.31. The molecule has 1 N–H and O–H groups in total. The molecule has 0 aromatic heterocycles. The first kappa shape index (κ1) is 9.93. The summed E-state index contributed by atoms with van der Waals surface area (Å²) < 4.78 is 26.2. The van der Waals surface area contributed by atoms with E-state index in [2.05, 4.69) is 0 Å². The summed E-state index contributed by atoms with van der Waals surface area (Å²) >= 11 is 1.59. The Morgan fingerprint density at radius 1 is 1.36 bits per heavy atom. The van der Waals surface area contributed by atoms with Crippen molar-refractivity contribution >= 4 is 11.8 Å². The minimum Gasteiger partial charge on any atom is -0.388 e. The van der Waals surface area contributed by atoms with E-state index in [1.54, 1.807) is 11.8 Å². The molecule has 1 heterocycles. The van der Waals surface area contributed by atoms with Crippen LogP contribution in [0.15, 0.2) is 12.1 Å². The highest BCUT2D eigenvalue weighted by Gasteiger charge is 2.21. The standard InChI is InChI=1S/C10H10F2OS/c11-7-3-6-5-14-2-1-9(13)10(6)8(12)4-7/h3-4,9,13H,1-2,5H2/t9-/m1/s1. The highest BCUT2D eigenvalue weighted by atomic mass is 32.2. The topological polar surface area (TPSA) is 20.2 Å². The summed E-state index contributed by atoms with van der Waals surface area (Å²) in [6, 6.07) is 2.14. The van der Waals surface area contributed by atoms with Gasteiger partial charge in [0, 0.05) is 17.4 Å². The van der Waals surface area contributed by atoms with E-state index in [4.69, 9.17) is 0 Å². The fourth-order valence-corrected chi connectivity index (χ4v) is 2.65. The third-order valence-corrected chi connectivity index (χ3v) is 3.35. The molecule has 0 fully saturated rings. The molecule has 0 saturated heterocycles. The Morgan fingerprint density at radius 2 is 2.14 bits per heavy atom. The molecule has 14 heavy (non-hydrogen) atoms. The van der Waals surface area contributed by atoms with Crippen LogP contribution < -0.4 is 0 Å². The number of fused-ring (bicyclic) bond motifs is 1. The lowest BCUT2D eigenvalue weighted by atomic mass is 10.0. The molecule has 0 radical (unpaired) electrons. The molecular formula is C10H10F2OS. The van der Waals surface area contributed by atoms with E-state index < -0.39 is 17.7 Å². The molecule has 0 saturated carbocycles. The first-order valence-corrected chi connectivity index (χ1v) is 5.57. The van der Waals surface area contributed by atoms with Crippen LogP contribution in [0.3, 0.4) is 0 Å². The second-order valence-corrected chi connectivity index (χ2v) is 4.42. The van der Waals surface area contributed by atoms with Crippen molar-refractivity contribution in [2.45, 2.75) is 18.3 Å². The lowest BCUT2D eigenvalue weighted by Gasteiger charge is -2.11. The molecule has 1 nitrogen and oxygen atoms in total. The molecule has 0 spiro atoms. The third kappa shape index (κ3) is 1.77. The zero-order valence-electron chi connectivity index (χ0n) is 7.46. The Balaban J connectivity index is 2.53. The van der Waals surface area contributed by atoms with Crippen molar-refractivity contribution in [1.29, 1.82) is 0 Å². The SMILES string of the molecule is O[C@@H]1CCSCc2cc(F)cc(F)c21. The van der Waals surface area contributed by atoms with Gasteiger partial charge in [0.25, 0.3) is 0 Å². The van der Waals surface area contributed by atoms with Gasteiger partial charge in [-0.15, -0.1) is 0 Å². The normalized spacial score (nSPS) is 21.5. The van der Waals surface area contributed by atoms with E-state index in [-0.39, 0.29) is 5.56 Å². The second kappa shape index (κ2) is 3.87. The van der Waals surface area contributed by atoms with Crippen molar-refractivity contribution in [2.75, 3.05) is 5.75 Å². The van der Waals surface area contributed by atoms with Crippen molar-refractivity contribution in [3.8, 4) is 0 Å². The first-order chi connectivity index (χ1) is 6.68. The van der Waals surface area contributed by atoms with Crippen LogP contribution in [-0.2, 0) is 5.75 Å². The Kier molecular flexibility index (Phi) is 2.74. The quantitative estimate of drug-likeness (QED) is 0.719. The molecule has 76 valence electrons. The maximum atomic E-state index is 13.4. The second-order valence-electron chi connectivity index (χ2n) is 3.32. The highest BCUT2D eigenvalue weighted by Crippen LogP contribution is 2.32. The van der Waals surface area contributed by atoms with Gasteiger partial charge in [0.2, 0.25) is 0 Å². The van der Waals surface area contributed by atoms with E-state index in [9.17, 15) is 13.9 Å². The van der Waals surface area contributed by atoms with Gasteiger partial charge in [-0.05, 0) is 23.8 Å². The van der Waals surface area contributed by atoms with Crippen LogP contribution in [0.25, 0.3) is 0 Å². The Bertz CT molecular complexity index is 354. The predicted octanol–water partition coefficient (Wildman–Crippen LogP) is 2.64. The Labute approximate surface area is 85.1 Å². The molecule has 0 unspecified atom stereocenters. The summed E-state index contributed by atoms with van der Waals surface area (Å²) in [6.45, 7) is 0. The largest absolute Gasteiger partial charge is 0.388 e. The lowest BCUT2D eigenvalue weighted by molar-refractivity contribution is 0.170. The summed E-state index contributed by atoms with van der Waals surface area (Å²) in [5, 5.41) is 9.64. The van der Waals surface area contributed by atoms with Gasteiger partial charge in [-0.25, -0.2) is 8.78 Å². The molecule has 4 heteroatoms. The van der Waals surface area contributed by atoms with Crippen LogP contribution in [0, 0.1) is 11.6 Å². The predicted molar refractivity (Wildman–Crippen MR) is 52.1 cm³/mol. The number of aliphatic hydroxyl groups excluding tert-OH is 1. The first-order valence-electron chi connectivity index (χ1n) is 4.42. The molecule has 0 aliphatic carbocycles. The van der Waals surface area contributed by atoms with E-state index in [0.717, 1.165) is 11.8 Å². The average Bonchev–Trinajstić information content (AvgIpc) is 2.27. The average molecular weight is 216 g/mol. The van der Waals surface area contributed by atoms with Gasteiger partial charge in [0.05, 0.1) is 6.10 Å². The molecule has 1 aliphatic heterocycles. The summed E-state index contributed by atoms with van der Waals surface area (Å²) in [6.07, 6.45) is -0.263. The molecule has 1 aliphatic rings. The number of halogens is 2. The monoisotopic (exact) mass is 216 g/mol. The summed E-state index contributed by atoms with van der Waals surface area (Å²) in [5.74, 6) is 0.142. The molecule has 1 aromatic rings. The molecular weight excluding hydrogens is 206 g/mol. The minimum absolute atomic E-state index is 0.274. The molecule has 1 atom stereocenters. The molecule has 0 amide bonds. The van der Waals surface area contributed by atoms with Crippen molar-refractivity contribution in [1.82, 2.24) is 0 Å². The number of rotatable bonds is 0. The zero-order valence-corrected chi connectivity index (χ0v) is 8.28. The number of hydrogen-bond acceptors (Lipinski definition) is 2. The van der Waals surface area contributed by atoms with E-state index >= 15 is 0 Å². The summed E-state index contributed by atoms with van der Waals surface area (Å²) in [4.78, 5) is 0. The van der Waals surface area contributed by atoms with Gasteiger partial charge in [-0.3, -0.25) is 0 Å². The Hall–Kier alpha value is -0.610. The summed E-state index contributed by atoms with van der Waals surface area (Å²) in [7, 11) is 0. The van der Waals surface area contributed by atoms with Crippen molar-refractivity contribution < 1.29 is 13.9 Å². The van der Waals surface area contributed by atoms with Crippen LogP contribution in [0.2, 0.25) is 0 Å². The van der Waals surface area contributed by atoms with E-state index in [1.807, 2.05) is 0 Å². The number of benzene rings is 1. The van der Waals surface area contributed by atoms with Crippen LogP contribution in [0.4, 0.5) is 8.78 Å². The lowest BCUT2D eigenvalue weighted by Crippen LogP contribution is -2.04. The highest BCUT2D eigenvalue weighted by molar-refractivity contribution is 7.98. The minimum atomic E-state index is -0.791. The maximum Gasteiger partial charge on any atom is 0.132 e. The molecule has 1 aromatic carbocycles. The van der Waals surface area contributed by atoms with Crippen LogP contribution in [-0.4, -0.2) is 10.9 Å². The number of thioether (sulfide) groups is 1. The number of aliphatic hydroxyl groups is 1. The van der Waals surface area contributed by atoms with Crippen molar-refractivity contribution in [2.24, 2.45) is 0 Å². The zero-order chi connectivity index (χ0) is 10.1. The van der Waals surface area contributed by atoms with Crippen molar-refractivity contribution in [3.63, 3.8) is 0 Å². The van der Waals surface area contributed by atoms with Gasteiger partial charge in [0.1, 0.15) is 11.6 Å². The maximum absolute atomic E-state index is 13.4. The van der Waals surface area contributed by atoms with Crippen molar-refractivity contribution in [3.05, 3.63) is 34.9 Å². The molecule has 2 rings (SSSR count). The fourth-order valence-electron chi connectivity index (χ4n) is 1.65. The Morgan fingerprint density at radius 3 is 2.93 bits per heavy atom. The van der Waals surface area contributed by atoms with Gasteiger partial charge < -0.3 is 5.11 Å². The van der Waals surface area contributed by atoms with Gasteiger partial charge in [0.15, 0.2) is 0 Å². The smallest absolute Gasteiger partial charge is 0.132 e. The van der Waals surface area contributed by atoms with E-state index in [0.29, 0.717) is 17.7 Å². The van der Waals surface area contributed by atoms with E-state index in [1.165, 1.54) is 6.07 Å².